The van der Waals surface area contributed by atoms with Crippen molar-refractivity contribution in [1.82, 2.24) is 15.5 Å². The van der Waals surface area contributed by atoms with Crippen LogP contribution in [-0.4, -0.2) is 27.7 Å². The zero-order chi connectivity index (χ0) is 16.9. The first kappa shape index (κ1) is 16.1. The zero-order valence-electron chi connectivity index (χ0n) is 13.4. The number of carbonyl (C=O) groups excluding carboxylic acids is 1. The highest BCUT2D eigenvalue weighted by Gasteiger charge is 2.11. The normalized spacial score (nSPS) is 12.2. The number of benzene rings is 2. The van der Waals surface area contributed by atoms with Gasteiger partial charge in [-0.05, 0) is 29.3 Å². The van der Waals surface area contributed by atoms with Crippen molar-refractivity contribution in [2.75, 3.05) is 6.54 Å². The van der Waals surface area contributed by atoms with Crippen molar-refractivity contribution in [2.45, 2.75) is 25.9 Å². The molecule has 3 rings (SSSR count). The van der Waals surface area contributed by atoms with Crippen LogP contribution in [0.2, 0.25) is 0 Å². The summed E-state index contributed by atoms with van der Waals surface area (Å²) in [4.78, 5) is 15.9. The van der Waals surface area contributed by atoms with Crippen LogP contribution >= 0.6 is 0 Å². The summed E-state index contributed by atoms with van der Waals surface area (Å²) >= 11 is 0. The molecule has 1 amide bonds. The number of aliphatic hydroxyl groups is 1. The molecule has 1 aromatic heterocycles. The van der Waals surface area contributed by atoms with E-state index in [1.165, 1.54) is 0 Å². The number of aromatic nitrogens is 2. The molecule has 3 aromatic rings. The van der Waals surface area contributed by atoms with Gasteiger partial charge in [0.15, 0.2) is 5.82 Å². The summed E-state index contributed by atoms with van der Waals surface area (Å²) in [6.45, 7) is 1.90. The van der Waals surface area contributed by atoms with Crippen LogP contribution in [0.15, 0.2) is 47.0 Å². The number of fused-ring (bicyclic) bond motifs is 1. The Morgan fingerprint density at radius 1 is 1.25 bits per heavy atom. The minimum Gasteiger partial charge on any atom is -0.387 e. The molecule has 6 nitrogen and oxygen atoms in total. The second-order valence-corrected chi connectivity index (χ2v) is 5.66. The monoisotopic (exact) mass is 325 g/mol. The molecule has 0 spiro atoms. The highest BCUT2D eigenvalue weighted by Crippen LogP contribution is 2.20. The fourth-order valence-corrected chi connectivity index (χ4v) is 2.49. The van der Waals surface area contributed by atoms with Crippen molar-refractivity contribution in [2.24, 2.45) is 0 Å². The van der Waals surface area contributed by atoms with E-state index in [0.29, 0.717) is 18.1 Å². The molecule has 2 aromatic carbocycles. The molecule has 0 saturated carbocycles. The van der Waals surface area contributed by atoms with Gasteiger partial charge in [0.05, 0.1) is 6.10 Å². The summed E-state index contributed by atoms with van der Waals surface area (Å²) < 4.78 is 4.96. The van der Waals surface area contributed by atoms with Crippen molar-refractivity contribution in [3.63, 3.8) is 0 Å². The second-order valence-electron chi connectivity index (χ2n) is 5.66. The van der Waals surface area contributed by atoms with Gasteiger partial charge >= 0.3 is 0 Å². The minimum absolute atomic E-state index is 0.161. The maximum absolute atomic E-state index is 11.9. The van der Waals surface area contributed by atoms with Crippen LogP contribution in [-0.2, 0) is 11.2 Å². The van der Waals surface area contributed by atoms with Gasteiger partial charge in [-0.1, -0.05) is 41.6 Å². The number of rotatable bonds is 6. The molecule has 0 radical (unpaired) electrons. The number of nitrogens with zero attached hydrogens (tertiary/aromatic N) is 2. The molecule has 0 saturated heterocycles. The van der Waals surface area contributed by atoms with Gasteiger partial charge in [0, 0.05) is 19.4 Å². The number of amides is 1. The molecule has 0 aliphatic carbocycles. The Labute approximate surface area is 139 Å². The SMILES string of the molecule is Cc1noc(CCC(=O)NCC(O)c2ccc3ccccc3c2)n1. The number of aryl methyl sites for hydroxylation is 2. The van der Waals surface area contributed by atoms with Crippen molar-refractivity contribution in [1.29, 1.82) is 0 Å². The fourth-order valence-electron chi connectivity index (χ4n) is 2.49. The molecule has 124 valence electrons. The third-order valence-electron chi connectivity index (χ3n) is 3.79. The minimum atomic E-state index is -0.746. The first-order valence-corrected chi connectivity index (χ1v) is 7.84. The standard InChI is InChI=1S/C18H19N3O3/c1-12-20-18(24-21-12)9-8-17(23)19-11-16(22)15-7-6-13-4-2-3-5-14(13)10-15/h2-7,10,16,22H,8-9,11H2,1H3,(H,19,23). The predicted molar refractivity (Wildman–Crippen MR) is 89.3 cm³/mol. The quantitative estimate of drug-likeness (QED) is 0.726. The lowest BCUT2D eigenvalue weighted by atomic mass is 10.0. The topological polar surface area (TPSA) is 88.2 Å². The van der Waals surface area contributed by atoms with E-state index in [9.17, 15) is 9.90 Å². The smallest absolute Gasteiger partial charge is 0.227 e. The lowest BCUT2D eigenvalue weighted by Crippen LogP contribution is -2.28. The first-order chi connectivity index (χ1) is 11.6. The molecule has 1 atom stereocenters. The van der Waals surface area contributed by atoms with Crippen LogP contribution in [0.3, 0.4) is 0 Å². The lowest BCUT2D eigenvalue weighted by Gasteiger charge is -2.13. The fraction of sp³-hybridized carbons (Fsp3) is 0.278. The summed E-state index contributed by atoms with van der Waals surface area (Å²) in [5.74, 6) is 0.834. The Hall–Kier alpha value is -2.73. The summed E-state index contributed by atoms with van der Waals surface area (Å²) in [5, 5.41) is 18.8. The van der Waals surface area contributed by atoms with E-state index in [2.05, 4.69) is 15.5 Å². The van der Waals surface area contributed by atoms with E-state index >= 15 is 0 Å². The van der Waals surface area contributed by atoms with Crippen molar-refractivity contribution < 1.29 is 14.4 Å². The molecule has 1 heterocycles. The molecule has 0 fully saturated rings. The van der Waals surface area contributed by atoms with Gasteiger partial charge in [-0.2, -0.15) is 4.98 Å². The Morgan fingerprint density at radius 2 is 2.04 bits per heavy atom. The van der Waals surface area contributed by atoms with Crippen LogP contribution in [0.4, 0.5) is 0 Å². The third kappa shape index (κ3) is 3.97. The number of hydrogen-bond donors (Lipinski definition) is 2. The Morgan fingerprint density at radius 3 is 2.79 bits per heavy atom. The van der Waals surface area contributed by atoms with Gasteiger partial charge < -0.3 is 14.9 Å². The van der Waals surface area contributed by atoms with E-state index in [1.807, 2.05) is 42.5 Å². The largest absolute Gasteiger partial charge is 0.387 e. The number of nitrogens with one attached hydrogen (secondary N) is 1. The molecule has 24 heavy (non-hydrogen) atoms. The molecule has 2 N–H and O–H groups in total. The maximum atomic E-state index is 11.9. The molecule has 0 bridgehead atoms. The van der Waals surface area contributed by atoms with Crippen LogP contribution in [0.5, 0.6) is 0 Å². The highest BCUT2D eigenvalue weighted by molar-refractivity contribution is 5.83. The summed E-state index contributed by atoms with van der Waals surface area (Å²) in [6, 6.07) is 13.7. The first-order valence-electron chi connectivity index (χ1n) is 7.84. The average molecular weight is 325 g/mol. The maximum Gasteiger partial charge on any atom is 0.227 e. The van der Waals surface area contributed by atoms with Gasteiger partial charge in [0.1, 0.15) is 0 Å². The molecule has 6 heteroatoms. The molecular weight excluding hydrogens is 306 g/mol. The van der Waals surface area contributed by atoms with Gasteiger partial charge in [0.25, 0.3) is 0 Å². The van der Waals surface area contributed by atoms with Crippen molar-refractivity contribution in [3.8, 4) is 0 Å². The van der Waals surface area contributed by atoms with Gasteiger partial charge in [0.2, 0.25) is 11.8 Å². The van der Waals surface area contributed by atoms with Crippen LogP contribution in [0.1, 0.15) is 29.8 Å². The summed E-state index contributed by atoms with van der Waals surface area (Å²) in [5.41, 5.74) is 0.779. The number of aliphatic hydroxyl groups excluding tert-OH is 1. The number of carbonyl (C=O) groups is 1. The van der Waals surface area contributed by atoms with Crippen molar-refractivity contribution >= 4 is 16.7 Å². The molecule has 0 aliphatic rings. The van der Waals surface area contributed by atoms with Gasteiger partial charge in [-0.25, -0.2) is 0 Å². The second kappa shape index (κ2) is 7.23. The zero-order valence-corrected chi connectivity index (χ0v) is 13.4. The van der Waals surface area contributed by atoms with E-state index in [1.54, 1.807) is 6.92 Å². The average Bonchev–Trinajstić information content (AvgIpc) is 3.02. The molecule has 1 unspecified atom stereocenters. The number of hydrogen-bond acceptors (Lipinski definition) is 5. The van der Waals surface area contributed by atoms with E-state index in [0.717, 1.165) is 16.3 Å². The Balaban J connectivity index is 1.52. The van der Waals surface area contributed by atoms with Crippen LogP contribution in [0, 0.1) is 6.92 Å². The van der Waals surface area contributed by atoms with E-state index < -0.39 is 6.10 Å². The van der Waals surface area contributed by atoms with Crippen molar-refractivity contribution in [3.05, 3.63) is 59.7 Å². The van der Waals surface area contributed by atoms with Gasteiger partial charge in [-0.15, -0.1) is 0 Å². The highest BCUT2D eigenvalue weighted by atomic mass is 16.5. The summed E-state index contributed by atoms with van der Waals surface area (Å²) in [7, 11) is 0. The van der Waals surface area contributed by atoms with E-state index in [-0.39, 0.29) is 18.9 Å². The Kier molecular flexibility index (Phi) is 4.86. The lowest BCUT2D eigenvalue weighted by molar-refractivity contribution is -0.121. The predicted octanol–water partition coefficient (Wildman–Crippen LogP) is 2.31. The molecular formula is C18H19N3O3. The van der Waals surface area contributed by atoms with E-state index in [4.69, 9.17) is 4.52 Å². The third-order valence-corrected chi connectivity index (χ3v) is 3.79. The summed E-state index contributed by atoms with van der Waals surface area (Å²) in [6.07, 6.45) is -0.116. The Bertz CT molecular complexity index is 844. The van der Waals surface area contributed by atoms with Gasteiger partial charge in [-0.3, -0.25) is 4.79 Å². The molecule has 0 aliphatic heterocycles. The van der Waals surface area contributed by atoms with Crippen LogP contribution < -0.4 is 5.32 Å². The van der Waals surface area contributed by atoms with Crippen LogP contribution in [0.25, 0.3) is 10.8 Å².